The summed E-state index contributed by atoms with van der Waals surface area (Å²) in [5.74, 6) is 0.817. The largest absolute Gasteiger partial charge is 0.573 e. The quantitative estimate of drug-likeness (QED) is 0.677. The number of ether oxygens (including phenoxy) is 3. The molecule has 0 aliphatic carbocycles. The average molecular weight is 349 g/mol. The number of benzene rings is 2. The molecule has 0 saturated heterocycles. The molecule has 25 heavy (non-hydrogen) atoms. The minimum atomic E-state index is -4.72. The van der Waals surface area contributed by atoms with Crippen LogP contribution >= 0.6 is 0 Å². The molecule has 3 rings (SSSR count). The van der Waals surface area contributed by atoms with Crippen molar-refractivity contribution in [2.75, 3.05) is 14.2 Å². The maximum absolute atomic E-state index is 12.2. The molecular formula is C18H14F3NO3. The highest BCUT2D eigenvalue weighted by atomic mass is 19.4. The molecular weight excluding hydrogens is 335 g/mol. The fourth-order valence-corrected chi connectivity index (χ4v) is 2.46. The van der Waals surface area contributed by atoms with Crippen molar-refractivity contribution in [1.29, 1.82) is 0 Å². The third-order valence-electron chi connectivity index (χ3n) is 3.58. The maximum atomic E-state index is 12.2. The van der Waals surface area contributed by atoms with E-state index in [1.54, 1.807) is 13.2 Å². The first-order valence-corrected chi connectivity index (χ1v) is 7.28. The average Bonchev–Trinajstić information content (AvgIpc) is 2.59. The van der Waals surface area contributed by atoms with Crippen LogP contribution in [0.15, 0.2) is 48.5 Å². The van der Waals surface area contributed by atoms with E-state index in [0.29, 0.717) is 22.9 Å². The lowest BCUT2D eigenvalue weighted by Gasteiger charge is -2.11. The van der Waals surface area contributed by atoms with Crippen molar-refractivity contribution >= 4 is 10.8 Å². The minimum Gasteiger partial charge on any atom is -0.497 e. The Balaban J connectivity index is 2.02. The SMILES string of the molecule is COc1ccc2c(OC)nc(-c3ccc(OC(F)(F)F)cc3)cc2c1. The van der Waals surface area contributed by atoms with Crippen LogP contribution in [0.25, 0.3) is 22.0 Å². The summed E-state index contributed by atoms with van der Waals surface area (Å²) in [6, 6.07) is 12.8. The third kappa shape index (κ3) is 3.76. The Morgan fingerprint density at radius 3 is 2.12 bits per heavy atom. The first-order valence-electron chi connectivity index (χ1n) is 7.28. The van der Waals surface area contributed by atoms with Gasteiger partial charge >= 0.3 is 6.36 Å². The van der Waals surface area contributed by atoms with Gasteiger partial charge in [0.15, 0.2) is 0 Å². The fraction of sp³-hybridized carbons (Fsp3) is 0.167. The van der Waals surface area contributed by atoms with Gasteiger partial charge in [-0.3, -0.25) is 0 Å². The number of hydrogen-bond acceptors (Lipinski definition) is 4. The summed E-state index contributed by atoms with van der Waals surface area (Å²) in [5, 5.41) is 1.65. The summed E-state index contributed by atoms with van der Waals surface area (Å²) in [4.78, 5) is 4.42. The highest BCUT2D eigenvalue weighted by molar-refractivity contribution is 5.91. The Kier molecular flexibility index (Phi) is 4.39. The zero-order valence-electron chi connectivity index (χ0n) is 13.4. The molecule has 0 amide bonds. The van der Waals surface area contributed by atoms with E-state index < -0.39 is 6.36 Å². The van der Waals surface area contributed by atoms with Crippen molar-refractivity contribution in [1.82, 2.24) is 4.98 Å². The monoisotopic (exact) mass is 349 g/mol. The number of rotatable bonds is 4. The lowest BCUT2D eigenvalue weighted by molar-refractivity contribution is -0.274. The first-order chi connectivity index (χ1) is 11.9. The van der Waals surface area contributed by atoms with Crippen molar-refractivity contribution in [3.05, 3.63) is 48.5 Å². The van der Waals surface area contributed by atoms with Crippen molar-refractivity contribution in [2.24, 2.45) is 0 Å². The molecule has 3 aromatic rings. The predicted molar refractivity (Wildman–Crippen MR) is 87.0 cm³/mol. The van der Waals surface area contributed by atoms with Crippen LogP contribution in [-0.4, -0.2) is 25.6 Å². The summed E-state index contributed by atoms with van der Waals surface area (Å²) in [6.45, 7) is 0. The molecule has 1 heterocycles. The van der Waals surface area contributed by atoms with Gasteiger partial charge in [0, 0.05) is 10.9 Å². The fourth-order valence-electron chi connectivity index (χ4n) is 2.46. The van der Waals surface area contributed by atoms with E-state index in [9.17, 15) is 13.2 Å². The summed E-state index contributed by atoms with van der Waals surface area (Å²) >= 11 is 0. The molecule has 2 aromatic carbocycles. The summed E-state index contributed by atoms with van der Waals surface area (Å²) in [7, 11) is 3.08. The highest BCUT2D eigenvalue weighted by Crippen LogP contribution is 2.32. The van der Waals surface area contributed by atoms with Gasteiger partial charge in [0.05, 0.1) is 19.9 Å². The van der Waals surface area contributed by atoms with E-state index in [2.05, 4.69) is 9.72 Å². The topological polar surface area (TPSA) is 40.6 Å². The number of nitrogens with zero attached hydrogens (tertiary/aromatic N) is 1. The molecule has 0 saturated carbocycles. The minimum absolute atomic E-state index is 0.286. The van der Waals surface area contributed by atoms with E-state index in [4.69, 9.17) is 9.47 Å². The molecule has 0 N–H and O–H groups in total. The summed E-state index contributed by atoms with van der Waals surface area (Å²) in [5.41, 5.74) is 1.20. The Morgan fingerprint density at radius 1 is 0.840 bits per heavy atom. The number of aromatic nitrogens is 1. The number of halogens is 3. The van der Waals surface area contributed by atoms with Gasteiger partial charge in [0.2, 0.25) is 5.88 Å². The van der Waals surface area contributed by atoms with Crippen LogP contribution in [0.5, 0.6) is 17.4 Å². The van der Waals surface area contributed by atoms with Gasteiger partial charge in [-0.15, -0.1) is 13.2 Å². The normalized spacial score (nSPS) is 11.4. The van der Waals surface area contributed by atoms with Gasteiger partial charge in [0.25, 0.3) is 0 Å². The van der Waals surface area contributed by atoms with Crippen LogP contribution in [0.1, 0.15) is 0 Å². The van der Waals surface area contributed by atoms with Crippen molar-refractivity contribution in [3.8, 4) is 28.6 Å². The van der Waals surface area contributed by atoms with E-state index >= 15 is 0 Å². The number of methoxy groups -OCH3 is 2. The second kappa shape index (κ2) is 6.51. The Morgan fingerprint density at radius 2 is 1.52 bits per heavy atom. The molecule has 0 atom stereocenters. The Labute approximate surface area is 141 Å². The number of alkyl halides is 3. The zero-order valence-corrected chi connectivity index (χ0v) is 13.4. The Bertz CT molecular complexity index is 892. The predicted octanol–water partition coefficient (Wildman–Crippen LogP) is 4.82. The third-order valence-corrected chi connectivity index (χ3v) is 3.58. The molecule has 0 bridgehead atoms. The van der Waals surface area contributed by atoms with Gasteiger partial charge < -0.3 is 14.2 Å². The Hall–Kier alpha value is -2.96. The molecule has 130 valence electrons. The van der Waals surface area contributed by atoms with Crippen LogP contribution in [0, 0.1) is 0 Å². The van der Waals surface area contributed by atoms with Gasteiger partial charge in [-0.25, -0.2) is 4.98 Å². The standard InChI is InChI=1S/C18H14F3NO3/c1-23-14-7-8-15-12(9-14)10-16(22-17(15)24-2)11-3-5-13(6-4-11)25-18(19,20)21/h3-10H,1-2H3. The molecule has 0 fully saturated rings. The first kappa shape index (κ1) is 16.9. The molecule has 0 radical (unpaired) electrons. The van der Waals surface area contributed by atoms with Crippen molar-refractivity contribution < 1.29 is 27.4 Å². The van der Waals surface area contributed by atoms with Gasteiger partial charge in [-0.2, -0.15) is 0 Å². The molecule has 0 aliphatic rings. The lowest BCUT2D eigenvalue weighted by atomic mass is 10.1. The maximum Gasteiger partial charge on any atom is 0.573 e. The second-order valence-corrected chi connectivity index (χ2v) is 5.18. The van der Waals surface area contributed by atoms with E-state index in [0.717, 1.165) is 10.8 Å². The van der Waals surface area contributed by atoms with Crippen LogP contribution < -0.4 is 14.2 Å². The number of pyridine rings is 1. The van der Waals surface area contributed by atoms with Gasteiger partial charge in [-0.05, 0) is 53.9 Å². The summed E-state index contributed by atoms with van der Waals surface area (Å²) in [6.07, 6.45) is -4.72. The molecule has 0 unspecified atom stereocenters. The van der Waals surface area contributed by atoms with Gasteiger partial charge in [0.1, 0.15) is 11.5 Å². The van der Waals surface area contributed by atoms with Crippen LogP contribution in [0.4, 0.5) is 13.2 Å². The molecule has 4 nitrogen and oxygen atoms in total. The lowest BCUT2D eigenvalue weighted by Crippen LogP contribution is -2.16. The van der Waals surface area contributed by atoms with Gasteiger partial charge in [-0.1, -0.05) is 0 Å². The highest BCUT2D eigenvalue weighted by Gasteiger charge is 2.31. The molecule has 0 aliphatic heterocycles. The number of fused-ring (bicyclic) bond motifs is 1. The smallest absolute Gasteiger partial charge is 0.497 e. The van der Waals surface area contributed by atoms with Crippen molar-refractivity contribution in [2.45, 2.75) is 6.36 Å². The molecule has 0 spiro atoms. The van der Waals surface area contributed by atoms with E-state index in [1.807, 2.05) is 18.2 Å². The van der Waals surface area contributed by atoms with E-state index in [1.165, 1.54) is 31.4 Å². The molecule has 7 heteroatoms. The number of hydrogen-bond donors (Lipinski definition) is 0. The van der Waals surface area contributed by atoms with E-state index in [-0.39, 0.29) is 5.75 Å². The molecule has 1 aromatic heterocycles. The van der Waals surface area contributed by atoms with Crippen LogP contribution in [0.3, 0.4) is 0 Å². The zero-order chi connectivity index (χ0) is 18.0. The van der Waals surface area contributed by atoms with Crippen molar-refractivity contribution in [3.63, 3.8) is 0 Å². The summed E-state index contributed by atoms with van der Waals surface area (Å²) < 4.78 is 51.2. The van der Waals surface area contributed by atoms with Crippen LogP contribution in [-0.2, 0) is 0 Å². The van der Waals surface area contributed by atoms with Crippen LogP contribution in [0.2, 0.25) is 0 Å². The second-order valence-electron chi connectivity index (χ2n) is 5.18.